The van der Waals surface area contributed by atoms with Crippen molar-refractivity contribution in [3.8, 4) is 0 Å². The Hall–Kier alpha value is -0.780. The molecule has 0 amide bonds. The molecule has 0 saturated heterocycles. The highest BCUT2D eigenvalue weighted by Gasteiger charge is 2.16. The van der Waals surface area contributed by atoms with Gasteiger partial charge in [0.05, 0.1) is 0 Å². The highest BCUT2D eigenvalue weighted by molar-refractivity contribution is 5.24. The highest BCUT2D eigenvalue weighted by Crippen LogP contribution is 2.31. The Labute approximate surface area is 115 Å². The molecule has 18 heavy (non-hydrogen) atoms. The molecule has 1 aromatic rings. The zero-order valence-corrected chi connectivity index (χ0v) is 13.3. The topological polar surface area (TPSA) is 0 Å². The lowest BCUT2D eigenvalue weighted by Crippen LogP contribution is -2.08. The van der Waals surface area contributed by atoms with Gasteiger partial charge in [-0.25, -0.2) is 0 Å². The van der Waals surface area contributed by atoms with Gasteiger partial charge in [0.25, 0.3) is 0 Å². The van der Waals surface area contributed by atoms with Crippen molar-refractivity contribution >= 4 is 0 Å². The molecule has 104 valence electrons. The smallest absolute Gasteiger partial charge is 0.0136 e. The zero-order chi connectivity index (χ0) is 14.0. The van der Waals surface area contributed by atoms with Gasteiger partial charge in [0.1, 0.15) is 0 Å². The van der Waals surface area contributed by atoms with Gasteiger partial charge < -0.3 is 0 Å². The number of aryl methyl sites for hydroxylation is 1. The normalized spacial score (nSPS) is 13.4. The molecule has 0 nitrogen and oxygen atoms in total. The molecule has 0 N–H and O–H groups in total. The van der Waals surface area contributed by atoms with E-state index in [0.717, 1.165) is 11.8 Å². The van der Waals surface area contributed by atoms with Crippen LogP contribution in [0.3, 0.4) is 0 Å². The summed E-state index contributed by atoms with van der Waals surface area (Å²) >= 11 is 0. The van der Waals surface area contributed by atoms with E-state index < -0.39 is 0 Å². The van der Waals surface area contributed by atoms with Gasteiger partial charge in [-0.3, -0.25) is 0 Å². The quantitative estimate of drug-likeness (QED) is 0.570. The third-order valence-electron chi connectivity index (χ3n) is 3.44. The SMILES string of the molecule is CCC.CCC[C@H](c1ccc(C)cc1)C(C)CC. The van der Waals surface area contributed by atoms with Gasteiger partial charge in [0.15, 0.2) is 0 Å². The Bertz CT molecular complexity index is 283. The maximum absolute atomic E-state index is 2.38. The van der Waals surface area contributed by atoms with Gasteiger partial charge in [-0.15, -0.1) is 0 Å². The molecule has 0 heteroatoms. The molecular formula is C18H32. The molecule has 0 saturated carbocycles. The minimum Gasteiger partial charge on any atom is -0.0656 e. The van der Waals surface area contributed by atoms with E-state index in [1.54, 1.807) is 0 Å². The Balaban J connectivity index is 0.000000873. The Morgan fingerprint density at radius 2 is 1.44 bits per heavy atom. The second-order valence-electron chi connectivity index (χ2n) is 5.40. The second kappa shape index (κ2) is 10.2. The molecule has 2 atom stereocenters. The third kappa shape index (κ3) is 6.23. The largest absolute Gasteiger partial charge is 0.0656 e. The van der Waals surface area contributed by atoms with Crippen LogP contribution in [-0.4, -0.2) is 0 Å². The molecule has 0 spiro atoms. The third-order valence-corrected chi connectivity index (χ3v) is 3.44. The summed E-state index contributed by atoms with van der Waals surface area (Å²) < 4.78 is 0. The molecule has 0 aromatic heterocycles. The van der Waals surface area contributed by atoms with Crippen molar-refractivity contribution in [1.29, 1.82) is 0 Å². The number of hydrogen-bond acceptors (Lipinski definition) is 0. The Morgan fingerprint density at radius 3 is 1.83 bits per heavy atom. The molecule has 0 aliphatic carbocycles. The van der Waals surface area contributed by atoms with Crippen LogP contribution in [0.4, 0.5) is 0 Å². The molecule has 0 radical (unpaired) electrons. The van der Waals surface area contributed by atoms with E-state index in [2.05, 4.69) is 65.8 Å². The van der Waals surface area contributed by atoms with Crippen molar-refractivity contribution in [3.05, 3.63) is 35.4 Å². The average Bonchev–Trinajstić information content (AvgIpc) is 2.37. The first-order valence-electron chi connectivity index (χ1n) is 7.67. The number of rotatable bonds is 5. The van der Waals surface area contributed by atoms with E-state index in [-0.39, 0.29) is 0 Å². The predicted octanol–water partition coefficient (Wildman–Crippen LogP) is 6.34. The van der Waals surface area contributed by atoms with Crippen molar-refractivity contribution in [3.63, 3.8) is 0 Å². The molecule has 1 rings (SSSR count). The minimum atomic E-state index is 0.751. The lowest BCUT2D eigenvalue weighted by Gasteiger charge is -2.23. The fourth-order valence-corrected chi connectivity index (χ4v) is 2.19. The van der Waals surface area contributed by atoms with Crippen LogP contribution >= 0.6 is 0 Å². The molecule has 0 aliphatic heterocycles. The maximum Gasteiger partial charge on any atom is -0.0136 e. The number of benzene rings is 1. The summed E-state index contributed by atoms with van der Waals surface area (Å²) in [5, 5.41) is 0. The van der Waals surface area contributed by atoms with Gasteiger partial charge >= 0.3 is 0 Å². The Morgan fingerprint density at radius 1 is 0.944 bits per heavy atom. The van der Waals surface area contributed by atoms with Crippen molar-refractivity contribution in [1.82, 2.24) is 0 Å². The van der Waals surface area contributed by atoms with Gasteiger partial charge in [-0.2, -0.15) is 0 Å². The summed E-state index contributed by atoms with van der Waals surface area (Å²) in [6.45, 7) is 13.4. The van der Waals surface area contributed by atoms with Crippen molar-refractivity contribution in [2.75, 3.05) is 0 Å². The van der Waals surface area contributed by atoms with Gasteiger partial charge in [0.2, 0.25) is 0 Å². The van der Waals surface area contributed by atoms with E-state index in [1.165, 1.54) is 36.8 Å². The van der Waals surface area contributed by atoms with E-state index >= 15 is 0 Å². The van der Waals surface area contributed by atoms with Crippen LogP contribution < -0.4 is 0 Å². The summed E-state index contributed by atoms with van der Waals surface area (Å²) in [6, 6.07) is 9.09. The van der Waals surface area contributed by atoms with Gasteiger partial charge in [0, 0.05) is 0 Å². The Kier molecular flexibility index (Phi) is 9.73. The lowest BCUT2D eigenvalue weighted by molar-refractivity contribution is 0.419. The molecule has 0 fully saturated rings. The van der Waals surface area contributed by atoms with Crippen LogP contribution in [0.2, 0.25) is 0 Å². The first-order valence-corrected chi connectivity index (χ1v) is 7.67. The summed E-state index contributed by atoms with van der Waals surface area (Å²) in [5.74, 6) is 1.55. The van der Waals surface area contributed by atoms with Crippen LogP contribution in [0.5, 0.6) is 0 Å². The summed E-state index contributed by atoms with van der Waals surface area (Å²) in [6.07, 6.45) is 5.12. The van der Waals surface area contributed by atoms with Gasteiger partial charge in [-0.05, 0) is 30.7 Å². The fraction of sp³-hybridized carbons (Fsp3) is 0.667. The standard InChI is InChI=1S/C15H24.C3H8/c1-5-7-15(13(4)6-2)14-10-8-12(3)9-11-14;1-3-2/h8-11,13,15H,5-7H2,1-4H3;3H2,1-2H3/t13?,15-;/m0./s1. The molecule has 1 aromatic carbocycles. The van der Waals surface area contributed by atoms with Crippen LogP contribution in [0.25, 0.3) is 0 Å². The summed E-state index contributed by atoms with van der Waals surface area (Å²) in [7, 11) is 0. The molecular weight excluding hydrogens is 216 g/mol. The van der Waals surface area contributed by atoms with E-state index in [1.807, 2.05) is 0 Å². The van der Waals surface area contributed by atoms with Crippen LogP contribution in [0.1, 0.15) is 77.3 Å². The predicted molar refractivity (Wildman–Crippen MR) is 84.2 cm³/mol. The molecule has 0 bridgehead atoms. The average molecular weight is 248 g/mol. The fourth-order valence-electron chi connectivity index (χ4n) is 2.19. The van der Waals surface area contributed by atoms with Crippen molar-refractivity contribution in [2.24, 2.45) is 5.92 Å². The summed E-state index contributed by atoms with van der Waals surface area (Å²) in [4.78, 5) is 0. The van der Waals surface area contributed by atoms with Crippen LogP contribution in [0, 0.1) is 12.8 Å². The van der Waals surface area contributed by atoms with E-state index in [4.69, 9.17) is 0 Å². The zero-order valence-electron chi connectivity index (χ0n) is 13.3. The van der Waals surface area contributed by atoms with Gasteiger partial charge in [-0.1, -0.05) is 83.7 Å². The first kappa shape index (κ1) is 17.2. The molecule has 1 unspecified atom stereocenters. The van der Waals surface area contributed by atoms with Crippen LogP contribution in [0.15, 0.2) is 24.3 Å². The first-order chi connectivity index (χ1) is 8.60. The van der Waals surface area contributed by atoms with E-state index in [0.29, 0.717) is 0 Å². The van der Waals surface area contributed by atoms with Crippen LogP contribution in [-0.2, 0) is 0 Å². The van der Waals surface area contributed by atoms with E-state index in [9.17, 15) is 0 Å². The lowest BCUT2D eigenvalue weighted by atomic mass is 9.82. The monoisotopic (exact) mass is 248 g/mol. The van der Waals surface area contributed by atoms with Crippen molar-refractivity contribution in [2.45, 2.75) is 73.1 Å². The number of hydrogen-bond donors (Lipinski definition) is 0. The maximum atomic E-state index is 2.38. The summed E-state index contributed by atoms with van der Waals surface area (Å²) in [5.41, 5.74) is 2.88. The molecule has 0 aliphatic rings. The second-order valence-corrected chi connectivity index (χ2v) is 5.40. The van der Waals surface area contributed by atoms with Crippen molar-refractivity contribution < 1.29 is 0 Å². The molecule has 0 heterocycles. The highest BCUT2D eigenvalue weighted by atomic mass is 14.2. The minimum absolute atomic E-state index is 0.751.